The molecule has 3 rings (SSSR count). The third-order valence-electron chi connectivity index (χ3n) is 3.96. The van der Waals surface area contributed by atoms with Crippen LogP contribution >= 0.6 is 15.9 Å². The van der Waals surface area contributed by atoms with Crippen LogP contribution in [-0.4, -0.2) is 18.2 Å². The molecule has 3 aromatic rings. The minimum Gasteiger partial charge on any atom is -0.493 e. The van der Waals surface area contributed by atoms with Crippen molar-refractivity contribution in [2.45, 2.75) is 6.61 Å². The molecule has 0 spiro atoms. The second kappa shape index (κ2) is 9.70. The van der Waals surface area contributed by atoms with Gasteiger partial charge >= 0.3 is 0 Å². The number of nitrogens with zero attached hydrogens (tertiary/aromatic N) is 2. The third-order valence-corrected chi connectivity index (χ3v) is 4.55. The van der Waals surface area contributed by atoms with Crippen LogP contribution in [0.5, 0.6) is 11.5 Å². The van der Waals surface area contributed by atoms with Crippen molar-refractivity contribution in [3.63, 3.8) is 0 Å². The summed E-state index contributed by atoms with van der Waals surface area (Å²) in [4.78, 5) is 10.2. The summed E-state index contributed by atoms with van der Waals surface area (Å²) < 4.78 is 12.1. The van der Waals surface area contributed by atoms with Gasteiger partial charge in [-0.3, -0.25) is 15.5 Å². The number of hydrogen-bond acceptors (Lipinski definition) is 6. The van der Waals surface area contributed by atoms with Gasteiger partial charge in [0, 0.05) is 12.1 Å². The molecule has 0 aromatic heterocycles. The molecule has 0 heterocycles. The van der Waals surface area contributed by atoms with E-state index in [1.807, 2.05) is 42.5 Å². The molecule has 8 heteroatoms. The Morgan fingerprint density at radius 1 is 1.14 bits per heavy atom. The molecule has 0 amide bonds. The lowest BCUT2D eigenvalue weighted by atomic mass is 10.2. The summed E-state index contributed by atoms with van der Waals surface area (Å²) in [5, 5.41) is 14.9. The number of methoxy groups -OCH3 is 1. The van der Waals surface area contributed by atoms with Crippen molar-refractivity contribution in [1.29, 1.82) is 0 Å². The predicted octanol–water partition coefficient (Wildman–Crippen LogP) is 5.39. The number of rotatable bonds is 8. The Balaban J connectivity index is 1.69. The summed E-state index contributed by atoms with van der Waals surface area (Å²) in [6.07, 6.45) is 1.62. The van der Waals surface area contributed by atoms with E-state index in [1.54, 1.807) is 25.5 Å². The molecule has 7 nitrogen and oxygen atoms in total. The topological polar surface area (TPSA) is 86.0 Å². The van der Waals surface area contributed by atoms with E-state index in [9.17, 15) is 10.1 Å². The second-order valence-electron chi connectivity index (χ2n) is 5.98. The summed E-state index contributed by atoms with van der Waals surface area (Å²) in [6, 6.07) is 19.5. The van der Waals surface area contributed by atoms with E-state index in [-0.39, 0.29) is 5.69 Å². The average Bonchev–Trinajstić information content (AvgIpc) is 2.73. The maximum Gasteiger partial charge on any atom is 0.269 e. The minimum atomic E-state index is -0.446. The van der Waals surface area contributed by atoms with Crippen LogP contribution in [0.25, 0.3) is 0 Å². The van der Waals surface area contributed by atoms with Crippen LogP contribution in [0.2, 0.25) is 0 Å². The van der Waals surface area contributed by atoms with Crippen molar-refractivity contribution >= 4 is 33.5 Å². The predicted molar refractivity (Wildman–Crippen MR) is 116 cm³/mol. The SMILES string of the molecule is COc1cc(/C=N/Nc2ccc([N+](=O)[O-])cc2)cc(Br)c1OCc1ccccc1. The van der Waals surface area contributed by atoms with Crippen molar-refractivity contribution in [2.75, 3.05) is 12.5 Å². The number of nitro benzene ring substituents is 1. The van der Waals surface area contributed by atoms with E-state index >= 15 is 0 Å². The fourth-order valence-electron chi connectivity index (χ4n) is 2.52. The molecule has 0 aliphatic rings. The van der Waals surface area contributed by atoms with Gasteiger partial charge in [-0.25, -0.2) is 0 Å². The van der Waals surface area contributed by atoms with Crippen LogP contribution in [0, 0.1) is 10.1 Å². The molecule has 29 heavy (non-hydrogen) atoms. The van der Waals surface area contributed by atoms with E-state index in [0.29, 0.717) is 23.8 Å². The Morgan fingerprint density at radius 3 is 2.52 bits per heavy atom. The van der Waals surface area contributed by atoms with E-state index in [0.717, 1.165) is 15.6 Å². The standard InChI is InChI=1S/C21H18BrN3O4/c1-28-20-12-16(13-23-24-17-7-9-18(10-8-17)25(26)27)11-19(22)21(20)29-14-15-5-3-2-4-6-15/h2-13,24H,14H2,1H3/b23-13+. The molecule has 1 N–H and O–H groups in total. The number of hydrazone groups is 1. The molecule has 0 bridgehead atoms. The summed E-state index contributed by atoms with van der Waals surface area (Å²) in [6.45, 7) is 0.422. The zero-order valence-electron chi connectivity index (χ0n) is 15.5. The first-order valence-corrected chi connectivity index (χ1v) is 9.44. The van der Waals surface area contributed by atoms with Crippen molar-refractivity contribution in [3.8, 4) is 11.5 Å². The first-order chi connectivity index (χ1) is 14.1. The highest BCUT2D eigenvalue weighted by Gasteiger charge is 2.11. The summed E-state index contributed by atoms with van der Waals surface area (Å²) >= 11 is 3.52. The molecular weight excluding hydrogens is 438 g/mol. The first-order valence-electron chi connectivity index (χ1n) is 8.64. The summed E-state index contributed by atoms with van der Waals surface area (Å²) in [5.74, 6) is 1.18. The zero-order chi connectivity index (χ0) is 20.6. The number of nitro groups is 1. The van der Waals surface area contributed by atoms with Gasteiger partial charge in [0.05, 0.1) is 28.4 Å². The molecule has 0 atom stereocenters. The van der Waals surface area contributed by atoms with Gasteiger partial charge in [0.2, 0.25) is 0 Å². The summed E-state index contributed by atoms with van der Waals surface area (Å²) in [5.41, 5.74) is 5.35. The lowest BCUT2D eigenvalue weighted by molar-refractivity contribution is -0.384. The maximum absolute atomic E-state index is 10.7. The maximum atomic E-state index is 10.7. The molecule has 0 saturated carbocycles. The van der Waals surface area contributed by atoms with Crippen LogP contribution < -0.4 is 14.9 Å². The lowest BCUT2D eigenvalue weighted by Crippen LogP contribution is -2.00. The summed E-state index contributed by atoms with van der Waals surface area (Å²) in [7, 11) is 1.58. The highest BCUT2D eigenvalue weighted by atomic mass is 79.9. The van der Waals surface area contributed by atoms with Crippen molar-refractivity contribution in [2.24, 2.45) is 5.10 Å². The number of hydrogen-bond donors (Lipinski definition) is 1. The van der Waals surface area contributed by atoms with E-state index in [4.69, 9.17) is 9.47 Å². The fraction of sp³-hybridized carbons (Fsp3) is 0.0952. The molecule has 3 aromatic carbocycles. The van der Waals surface area contributed by atoms with Crippen molar-refractivity contribution < 1.29 is 14.4 Å². The quantitative estimate of drug-likeness (QED) is 0.279. The monoisotopic (exact) mass is 455 g/mol. The van der Waals surface area contributed by atoms with Crippen LogP contribution in [0.15, 0.2) is 76.3 Å². The molecule has 0 radical (unpaired) electrons. The Hall–Kier alpha value is -3.39. The Kier molecular flexibility index (Phi) is 6.80. The molecule has 0 fully saturated rings. The Morgan fingerprint density at radius 2 is 1.86 bits per heavy atom. The Labute approximate surface area is 176 Å². The molecule has 0 aliphatic heterocycles. The Bertz CT molecular complexity index is 1010. The highest BCUT2D eigenvalue weighted by Crippen LogP contribution is 2.36. The third kappa shape index (κ3) is 5.55. The van der Waals surface area contributed by atoms with Crippen LogP contribution in [-0.2, 0) is 6.61 Å². The van der Waals surface area contributed by atoms with Crippen LogP contribution in [0.1, 0.15) is 11.1 Å². The van der Waals surface area contributed by atoms with Crippen LogP contribution in [0.3, 0.4) is 0 Å². The van der Waals surface area contributed by atoms with Crippen molar-refractivity contribution in [1.82, 2.24) is 0 Å². The molecular formula is C21H18BrN3O4. The lowest BCUT2D eigenvalue weighted by Gasteiger charge is -2.13. The first kappa shape index (κ1) is 20.3. The van der Waals surface area contributed by atoms with Gasteiger partial charge < -0.3 is 9.47 Å². The van der Waals surface area contributed by atoms with Gasteiger partial charge in [0.1, 0.15) is 6.61 Å². The van der Waals surface area contributed by atoms with E-state index in [2.05, 4.69) is 26.5 Å². The van der Waals surface area contributed by atoms with Gasteiger partial charge in [-0.15, -0.1) is 0 Å². The minimum absolute atomic E-state index is 0.0271. The van der Waals surface area contributed by atoms with Gasteiger partial charge in [0.25, 0.3) is 5.69 Å². The molecule has 0 aliphatic carbocycles. The zero-order valence-corrected chi connectivity index (χ0v) is 17.1. The average molecular weight is 456 g/mol. The van der Waals surface area contributed by atoms with Crippen molar-refractivity contribution in [3.05, 3.63) is 92.4 Å². The molecule has 148 valence electrons. The van der Waals surface area contributed by atoms with Gasteiger partial charge in [-0.05, 0) is 51.3 Å². The molecule has 0 unspecified atom stereocenters. The van der Waals surface area contributed by atoms with Gasteiger partial charge in [-0.1, -0.05) is 30.3 Å². The van der Waals surface area contributed by atoms with E-state index < -0.39 is 4.92 Å². The van der Waals surface area contributed by atoms with Gasteiger partial charge in [-0.2, -0.15) is 5.10 Å². The fourth-order valence-corrected chi connectivity index (χ4v) is 3.10. The normalized spacial score (nSPS) is 10.7. The number of anilines is 1. The van der Waals surface area contributed by atoms with E-state index in [1.165, 1.54) is 12.1 Å². The number of ether oxygens (including phenoxy) is 2. The van der Waals surface area contributed by atoms with Gasteiger partial charge in [0.15, 0.2) is 11.5 Å². The smallest absolute Gasteiger partial charge is 0.269 e. The molecule has 0 saturated heterocycles. The number of benzene rings is 3. The number of non-ortho nitro benzene ring substituents is 1. The second-order valence-corrected chi connectivity index (χ2v) is 6.84. The number of nitrogens with one attached hydrogen (secondary N) is 1. The largest absolute Gasteiger partial charge is 0.493 e. The highest BCUT2D eigenvalue weighted by molar-refractivity contribution is 9.10. The number of halogens is 1. The van der Waals surface area contributed by atoms with Crippen LogP contribution in [0.4, 0.5) is 11.4 Å².